The van der Waals surface area contributed by atoms with Gasteiger partial charge in [0.2, 0.25) is 5.78 Å². The fourth-order valence-corrected chi connectivity index (χ4v) is 4.53. The number of nitro groups is 1. The van der Waals surface area contributed by atoms with Crippen molar-refractivity contribution in [3.63, 3.8) is 0 Å². The van der Waals surface area contributed by atoms with Gasteiger partial charge < -0.3 is 10.1 Å². The molecule has 0 aromatic heterocycles. The average Bonchev–Trinajstić information content (AvgIpc) is 2.95. The molecular weight excluding hydrogens is 564 g/mol. The first kappa shape index (κ1) is 27.4. The third-order valence-corrected chi connectivity index (χ3v) is 6.86. The van der Waals surface area contributed by atoms with Gasteiger partial charge in [-0.05, 0) is 42.8 Å². The molecule has 0 saturated heterocycles. The van der Waals surface area contributed by atoms with Gasteiger partial charge in [-0.15, -0.1) is 0 Å². The predicted molar refractivity (Wildman–Crippen MR) is 150 cm³/mol. The molecule has 0 unspecified atom stereocenters. The van der Waals surface area contributed by atoms with Crippen molar-refractivity contribution in [3.8, 4) is 0 Å². The van der Waals surface area contributed by atoms with E-state index in [0.717, 1.165) is 5.56 Å². The second kappa shape index (κ2) is 12.3. The summed E-state index contributed by atoms with van der Waals surface area (Å²) < 4.78 is 5.71. The smallest absolute Gasteiger partial charge is 0.338 e. The molecule has 0 heterocycles. The lowest BCUT2D eigenvalue weighted by atomic mass is 9.99. The van der Waals surface area contributed by atoms with Gasteiger partial charge in [0.05, 0.1) is 15.3 Å². The van der Waals surface area contributed by atoms with E-state index in [1.807, 2.05) is 13.0 Å². The molecule has 0 fully saturated rings. The third kappa shape index (κ3) is 6.82. The van der Waals surface area contributed by atoms with Gasteiger partial charge in [-0.1, -0.05) is 82.2 Å². The topological polar surface area (TPSA) is 116 Å². The van der Waals surface area contributed by atoms with E-state index in [1.54, 1.807) is 66.7 Å². The van der Waals surface area contributed by atoms with Gasteiger partial charge in [-0.25, -0.2) is 4.79 Å². The number of nitro benzene ring substituents is 1. The highest BCUT2D eigenvalue weighted by Gasteiger charge is 2.33. The van der Waals surface area contributed by atoms with Crippen molar-refractivity contribution < 1.29 is 24.0 Å². The molecule has 0 saturated carbocycles. The van der Waals surface area contributed by atoms with Crippen molar-refractivity contribution in [1.29, 1.82) is 0 Å². The number of nitrogens with zero attached hydrogens (tertiary/aromatic N) is 1. The Kier molecular flexibility index (Phi) is 8.63. The molecule has 0 aliphatic rings. The normalized spacial score (nSPS) is 12.2. The van der Waals surface area contributed by atoms with Gasteiger partial charge >= 0.3 is 5.97 Å². The molecule has 9 heteroatoms. The van der Waals surface area contributed by atoms with E-state index in [0.29, 0.717) is 22.4 Å². The minimum atomic E-state index is -1.34. The highest BCUT2D eigenvalue weighted by atomic mass is 79.9. The summed E-state index contributed by atoms with van der Waals surface area (Å²) in [7, 11) is 0. The maximum absolute atomic E-state index is 13.4. The maximum atomic E-state index is 13.4. The minimum absolute atomic E-state index is 0.113. The summed E-state index contributed by atoms with van der Waals surface area (Å²) in [6.45, 7) is 1.88. The van der Waals surface area contributed by atoms with Crippen LogP contribution in [-0.4, -0.2) is 28.7 Å². The first-order valence-corrected chi connectivity index (χ1v) is 12.8. The Labute approximate surface area is 232 Å². The summed E-state index contributed by atoms with van der Waals surface area (Å²) >= 11 is 3.44. The van der Waals surface area contributed by atoms with Crippen molar-refractivity contribution in [1.82, 2.24) is 0 Å². The van der Waals surface area contributed by atoms with Crippen LogP contribution >= 0.6 is 15.9 Å². The zero-order valence-corrected chi connectivity index (χ0v) is 22.3. The molecule has 39 heavy (non-hydrogen) atoms. The van der Waals surface area contributed by atoms with Crippen LogP contribution in [0.2, 0.25) is 0 Å². The third-order valence-electron chi connectivity index (χ3n) is 5.85. The van der Waals surface area contributed by atoms with Crippen LogP contribution in [0.5, 0.6) is 0 Å². The zero-order chi connectivity index (χ0) is 27.9. The summed E-state index contributed by atoms with van der Waals surface area (Å²) in [5.41, 5.74) is 2.43. The Morgan fingerprint density at radius 3 is 2.21 bits per heavy atom. The number of ketones is 1. The summed E-state index contributed by atoms with van der Waals surface area (Å²) in [4.78, 5) is 49.2. The number of rotatable bonds is 9. The fraction of sp³-hybridized carbons (Fsp3) is 0.100. The number of halogens is 1. The molecule has 8 nitrogen and oxygen atoms in total. The summed E-state index contributed by atoms with van der Waals surface area (Å²) in [5, 5.41) is 14.0. The van der Waals surface area contributed by atoms with E-state index in [2.05, 4.69) is 21.2 Å². The first-order chi connectivity index (χ1) is 18.7. The number of ether oxygens (including phenoxy) is 1. The number of non-ortho nitro benzene ring substituents is 1. The van der Waals surface area contributed by atoms with Crippen LogP contribution in [0.15, 0.2) is 103 Å². The molecule has 4 aromatic rings. The van der Waals surface area contributed by atoms with Crippen LogP contribution in [0.3, 0.4) is 0 Å². The van der Waals surface area contributed by atoms with Crippen molar-refractivity contribution in [2.75, 3.05) is 5.32 Å². The van der Waals surface area contributed by atoms with Crippen molar-refractivity contribution in [2.45, 2.75) is 17.9 Å². The monoisotopic (exact) mass is 586 g/mol. The number of hydrogen-bond acceptors (Lipinski definition) is 6. The molecule has 2 atom stereocenters. The second-order valence-electron chi connectivity index (χ2n) is 8.71. The number of amides is 1. The number of nitrogens with one attached hydrogen (secondary N) is 1. The molecule has 0 aliphatic heterocycles. The molecule has 1 N–H and O–H groups in total. The molecule has 0 spiro atoms. The van der Waals surface area contributed by atoms with E-state index < -0.39 is 27.6 Å². The predicted octanol–water partition coefficient (Wildman–Crippen LogP) is 6.70. The van der Waals surface area contributed by atoms with Crippen molar-refractivity contribution >= 4 is 45.0 Å². The van der Waals surface area contributed by atoms with Crippen LogP contribution in [0.4, 0.5) is 11.4 Å². The molecule has 1 amide bonds. The van der Waals surface area contributed by atoms with Crippen LogP contribution < -0.4 is 5.32 Å². The van der Waals surface area contributed by atoms with Gasteiger partial charge in [0.15, 0.2) is 6.10 Å². The van der Waals surface area contributed by atoms with E-state index in [9.17, 15) is 24.5 Å². The van der Waals surface area contributed by atoms with Crippen molar-refractivity contribution in [3.05, 3.63) is 141 Å². The fourth-order valence-electron chi connectivity index (χ4n) is 3.89. The highest BCUT2D eigenvalue weighted by Crippen LogP contribution is 2.33. The van der Waals surface area contributed by atoms with Crippen LogP contribution in [0.25, 0.3) is 0 Å². The number of esters is 1. The van der Waals surface area contributed by atoms with Gasteiger partial charge in [-0.2, -0.15) is 0 Å². The lowest BCUT2D eigenvalue weighted by Crippen LogP contribution is -2.31. The summed E-state index contributed by atoms with van der Waals surface area (Å²) in [6, 6.07) is 27.3. The van der Waals surface area contributed by atoms with E-state index in [4.69, 9.17) is 4.74 Å². The van der Waals surface area contributed by atoms with E-state index in [1.165, 1.54) is 30.3 Å². The Morgan fingerprint density at radius 1 is 0.821 bits per heavy atom. The quantitative estimate of drug-likeness (QED) is 0.0766. The molecule has 4 rings (SSSR count). The molecule has 4 aromatic carbocycles. The standard InChI is InChI=1S/C30H23BrN2O6/c1-19-8-5-12-22(16-19)29(35)32-24-14-6-13-23(17-24)30(36)39-28(27(34)20-9-3-2-4-10-20)26(31)21-11-7-15-25(18-21)33(37)38/h2-18,26,28H,1H3,(H,32,35)/t26-,28-/m1/s1. The molecule has 0 aliphatic carbocycles. The number of benzene rings is 4. The number of aryl methyl sites for hydroxylation is 1. The zero-order valence-electron chi connectivity index (χ0n) is 20.7. The summed E-state index contributed by atoms with van der Waals surface area (Å²) in [5.74, 6) is -1.63. The second-order valence-corrected chi connectivity index (χ2v) is 9.70. The molecular formula is C30H23BrN2O6. The average molecular weight is 587 g/mol. The van der Waals surface area contributed by atoms with Crippen LogP contribution in [-0.2, 0) is 4.74 Å². The Bertz CT molecular complexity index is 1540. The van der Waals surface area contributed by atoms with Crippen LogP contribution in [0.1, 0.15) is 47.0 Å². The van der Waals surface area contributed by atoms with Gasteiger partial charge in [0, 0.05) is 28.9 Å². The largest absolute Gasteiger partial charge is 0.449 e. The number of carbonyl (C=O) groups is 3. The van der Waals surface area contributed by atoms with Gasteiger partial charge in [-0.3, -0.25) is 19.7 Å². The Morgan fingerprint density at radius 2 is 1.49 bits per heavy atom. The molecule has 0 radical (unpaired) electrons. The first-order valence-electron chi connectivity index (χ1n) is 11.9. The van der Waals surface area contributed by atoms with Gasteiger partial charge in [0.1, 0.15) is 0 Å². The van der Waals surface area contributed by atoms with E-state index in [-0.39, 0.29) is 17.2 Å². The number of carbonyl (C=O) groups excluding carboxylic acids is 3. The molecule has 196 valence electrons. The Hall–Kier alpha value is -4.63. The Balaban J connectivity index is 1.60. The number of alkyl halides is 1. The maximum Gasteiger partial charge on any atom is 0.338 e. The number of Topliss-reactive ketones (excluding diaryl/α,β-unsaturated/α-hetero) is 1. The SMILES string of the molecule is Cc1cccc(C(=O)Nc2cccc(C(=O)O[C@@H](C(=O)c3ccccc3)[C@H](Br)c3cccc([N+](=O)[O-])c3)c2)c1. The number of anilines is 1. The van der Waals surface area contributed by atoms with E-state index >= 15 is 0 Å². The number of hydrogen-bond donors (Lipinski definition) is 1. The lowest BCUT2D eigenvalue weighted by Gasteiger charge is -2.22. The summed E-state index contributed by atoms with van der Waals surface area (Å²) in [6.07, 6.45) is -1.34. The lowest BCUT2D eigenvalue weighted by molar-refractivity contribution is -0.384. The van der Waals surface area contributed by atoms with Crippen molar-refractivity contribution in [2.24, 2.45) is 0 Å². The highest BCUT2D eigenvalue weighted by molar-refractivity contribution is 9.09. The van der Waals surface area contributed by atoms with Crippen LogP contribution in [0, 0.1) is 17.0 Å². The molecule has 0 bridgehead atoms. The minimum Gasteiger partial charge on any atom is -0.449 e. The van der Waals surface area contributed by atoms with Gasteiger partial charge in [0.25, 0.3) is 11.6 Å².